The van der Waals surface area contributed by atoms with E-state index in [0.29, 0.717) is 0 Å². The Morgan fingerprint density at radius 1 is 1.00 bits per heavy atom. The van der Waals surface area contributed by atoms with Gasteiger partial charge in [0, 0.05) is 12.5 Å². The standard InChI is InChI=1S/C13H22N.C3H4O3/c1-4-14(5-2,6-3)12-13-10-8-7-9-11-13;1-2(4)3(5)6/h7-11H,4-6,12H2,1-3H3;1H3,(H,5,6)/q+1;/p-1. The number of carboxylic acids is 1. The van der Waals surface area contributed by atoms with E-state index in [1.807, 2.05) is 0 Å². The van der Waals surface area contributed by atoms with Crippen molar-refractivity contribution in [3.8, 4) is 0 Å². The van der Waals surface area contributed by atoms with Crippen molar-refractivity contribution in [1.29, 1.82) is 0 Å². The number of rotatable bonds is 6. The molecule has 0 atom stereocenters. The Labute approximate surface area is 121 Å². The van der Waals surface area contributed by atoms with Crippen LogP contribution in [0.1, 0.15) is 33.3 Å². The first-order chi connectivity index (χ1) is 9.40. The quantitative estimate of drug-likeness (QED) is 0.584. The Morgan fingerprint density at radius 3 is 1.70 bits per heavy atom. The lowest BCUT2D eigenvalue weighted by molar-refractivity contribution is -0.936. The van der Waals surface area contributed by atoms with Crippen LogP contribution in [0.3, 0.4) is 0 Å². The summed E-state index contributed by atoms with van der Waals surface area (Å²) in [5.74, 6) is -2.56. The van der Waals surface area contributed by atoms with Crippen molar-refractivity contribution in [3.63, 3.8) is 0 Å². The summed E-state index contributed by atoms with van der Waals surface area (Å²) >= 11 is 0. The Bertz CT molecular complexity index is 391. The van der Waals surface area contributed by atoms with Gasteiger partial charge in [-0.3, -0.25) is 4.79 Å². The molecule has 0 fully saturated rings. The van der Waals surface area contributed by atoms with E-state index in [-0.39, 0.29) is 0 Å². The molecule has 0 spiro atoms. The van der Waals surface area contributed by atoms with Crippen LogP contribution in [0.2, 0.25) is 0 Å². The van der Waals surface area contributed by atoms with Gasteiger partial charge < -0.3 is 14.4 Å². The van der Waals surface area contributed by atoms with Gasteiger partial charge in [-0.05, 0) is 20.8 Å². The number of quaternary nitrogens is 1. The Kier molecular flexibility index (Phi) is 8.48. The van der Waals surface area contributed by atoms with Crippen molar-refractivity contribution in [1.82, 2.24) is 0 Å². The van der Waals surface area contributed by atoms with Crippen LogP contribution in [0, 0.1) is 0 Å². The largest absolute Gasteiger partial charge is 0.542 e. The molecule has 112 valence electrons. The minimum absolute atomic E-state index is 0.935. The number of nitrogens with zero attached hydrogens (tertiary/aromatic N) is 1. The number of ketones is 1. The van der Waals surface area contributed by atoms with Gasteiger partial charge in [-0.2, -0.15) is 0 Å². The molecule has 0 radical (unpaired) electrons. The molecule has 20 heavy (non-hydrogen) atoms. The fraction of sp³-hybridized carbons (Fsp3) is 0.500. The zero-order valence-corrected chi connectivity index (χ0v) is 12.9. The van der Waals surface area contributed by atoms with E-state index >= 15 is 0 Å². The Morgan fingerprint density at radius 2 is 1.40 bits per heavy atom. The molecule has 1 aromatic carbocycles. The molecular formula is C16H25NO3. The molecule has 0 aromatic heterocycles. The first-order valence-electron chi connectivity index (χ1n) is 7.01. The van der Waals surface area contributed by atoms with Gasteiger partial charge in [0.25, 0.3) is 0 Å². The zero-order chi connectivity index (χ0) is 15.6. The lowest BCUT2D eigenvalue weighted by atomic mass is 10.2. The van der Waals surface area contributed by atoms with Crippen LogP contribution >= 0.6 is 0 Å². The predicted octanol–water partition coefficient (Wildman–Crippen LogP) is 1.39. The molecule has 0 heterocycles. The van der Waals surface area contributed by atoms with Gasteiger partial charge in [0.1, 0.15) is 12.5 Å². The fourth-order valence-corrected chi connectivity index (χ4v) is 1.98. The van der Waals surface area contributed by atoms with E-state index in [9.17, 15) is 14.7 Å². The number of aliphatic carboxylic acids is 1. The van der Waals surface area contributed by atoms with E-state index in [0.717, 1.165) is 6.92 Å². The lowest BCUT2D eigenvalue weighted by Gasteiger charge is -2.35. The van der Waals surface area contributed by atoms with Crippen molar-refractivity contribution >= 4 is 11.8 Å². The maximum absolute atomic E-state index is 9.48. The highest BCUT2D eigenvalue weighted by Gasteiger charge is 2.20. The molecule has 0 aliphatic carbocycles. The van der Waals surface area contributed by atoms with Gasteiger partial charge in [-0.1, -0.05) is 30.3 Å². The molecule has 0 saturated heterocycles. The van der Waals surface area contributed by atoms with Crippen LogP contribution in [-0.4, -0.2) is 35.9 Å². The van der Waals surface area contributed by atoms with E-state index in [2.05, 4.69) is 51.1 Å². The average molecular weight is 279 g/mol. The monoisotopic (exact) mass is 279 g/mol. The molecule has 0 aliphatic rings. The van der Waals surface area contributed by atoms with Crippen molar-refractivity contribution < 1.29 is 19.2 Å². The summed E-state index contributed by atoms with van der Waals surface area (Å²) < 4.78 is 1.20. The van der Waals surface area contributed by atoms with E-state index in [4.69, 9.17) is 0 Å². The maximum atomic E-state index is 9.48. The normalized spacial score (nSPS) is 10.4. The minimum Gasteiger partial charge on any atom is -0.542 e. The van der Waals surface area contributed by atoms with Crippen LogP contribution in [0.15, 0.2) is 30.3 Å². The van der Waals surface area contributed by atoms with Crippen molar-refractivity contribution in [3.05, 3.63) is 35.9 Å². The second-order valence-corrected chi connectivity index (χ2v) is 4.78. The Hall–Kier alpha value is -1.68. The van der Waals surface area contributed by atoms with Crippen molar-refractivity contribution in [2.45, 2.75) is 34.2 Å². The topological polar surface area (TPSA) is 57.2 Å². The molecule has 0 amide bonds. The number of carbonyl (C=O) groups is 2. The fourth-order valence-electron chi connectivity index (χ4n) is 1.98. The van der Waals surface area contributed by atoms with Gasteiger partial charge in [-0.15, -0.1) is 0 Å². The summed E-state index contributed by atoms with van der Waals surface area (Å²) in [7, 11) is 0. The third kappa shape index (κ3) is 6.48. The summed E-state index contributed by atoms with van der Waals surface area (Å²) in [6, 6.07) is 10.8. The molecule has 4 heteroatoms. The summed E-state index contributed by atoms with van der Waals surface area (Å²) in [6.45, 7) is 12.6. The molecule has 4 nitrogen and oxygen atoms in total. The first kappa shape index (κ1) is 18.3. The highest BCUT2D eigenvalue weighted by molar-refractivity contribution is 6.30. The number of carbonyl (C=O) groups excluding carboxylic acids is 2. The predicted molar refractivity (Wildman–Crippen MR) is 77.7 cm³/mol. The third-order valence-electron chi connectivity index (χ3n) is 3.66. The van der Waals surface area contributed by atoms with E-state index in [1.54, 1.807) is 0 Å². The van der Waals surface area contributed by atoms with Gasteiger partial charge in [0.2, 0.25) is 0 Å². The van der Waals surface area contributed by atoms with Crippen LogP contribution in [0.5, 0.6) is 0 Å². The second kappa shape index (κ2) is 9.26. The van der Waals surface area contributed by atoms with Crippen LogP contribution < -0.4 is 5.11 Å². The average Bonchev–Trinajstić information content (AvgIpc) is 2.46. The molecule has 0 aliphatic heterocycles. The number of carboxylic acid groups (broad SMARTS) is 1. The number of Topliss-reactive ketones (excluding diaryl/α,β-unsaturated/α-hetero) is 1. The van der Waals surface area contributed by atoms with Crippen LogP contribution in [0.4, 0.5) is 0 Å². The van der Waals surface area contributed by atoms with Gasteiger partial charge in [0.15, 0.2) is 5.78 Å². The molecule has 1 aromatic rings. The zero-order valence-electron chi connectivity index (χ0n) is 12.9. The molecule has 0 N–H and O–H groups in total. The van der Waals surface area contributed by atoms with E-state index < -0.39 is 11.8 Å². The molecule has 0 saturated carbocycles. The third-order valence-corrected chi connectivity index (χ3v) is 3.66. The summed E-state index contributed by atoms with van der Waals surface area (Å²) in [5, 5.41) is 9.24. The highest BCUT2D eigenvalue weighted by atomic mass is 16.4. The highest BCUT2D eigenvalue weighted by Crippen LogP contribution is 2.13. The smallest absolute Gasteiger partial charge is 0.175 e. The maximum Gasteiger partial charge on any atom is 0.175 e. The number of hydrogen-bond donors (Lipinski definition) is 0. The second-order valence-electron chi connectivity index (χ2n) is 4.78. The SMILES string of the molecule is CC(=O)C(=O)[O-].CC[N+](CC)(CC)Cc1ccccc1. The van der Waals surface area contributed by atoms with Crippen molar-refractivity contribution in [2.75, 3.05) is 19.6 Å². The van der Waals surface area contributed by atoms with Crippen molar-refractivity contribution in [2.24, 2.45) is 0 Å². The molecule has 0 bridgehead atoms. The van der Waals surface area contributed by atoms with Crippen LogP contribution in [-0.2, 0) is 16.1 Å². The Balaban J connectivity index is 0.000000511. The summed E-state index contributed by atoms with van der Waals surface area (Å²) in [4.78, 5) is 18.7. The molecule has 0 unspecified atom stereocenters. The number of hydrogen-bond acceptors (Lipinski definition) is 3. The molecular weight excluding hydrogens is 254 g/mol. The minimum atomic E-state index is -1.63. The van der Waals surface area contributed by atoms with E-state index in [1.165, 1.54) is 36.2 Å². The van der Waals surface area contributed by atoms with Crippen LogP contribution in [0.25, 0.3) is 0 Å². The first-order valence-corrected chi connectivity index (χ1v) is 7.01. The van der Waals surface area contributed by atoms with Gasteiger partial charge in [0.05, 0.1) is 19.6 Å². The summed E-state index contributed by atoms with van der Waals surface area (Å²) in [6.07, 6.45) is 0. The molecule has 1 rings (SSSR count). The van der Waals surface area contributed by atoms with Gasteiger partial charge >= 0.3 is 0 Å². The van der Waals surface area contributed by atoms with Gasteiger partial charge in [-0.25, -0.2) is 0 Å². The lowest BCUT2D eigenvalue weighted by Crippen LogP contribution is -2.46. The number of benzene rings is 1. The summed E-state index contributed by atoms with van der Waals surface area (Å²) in [5.41, 5.74) is 1.46.